The van der Waals surface area contributed by atoms with E-state index in [-0.39, 0.29) is 36.8 Å². The molecule has 0 bridgehead atoms. The van der Waals surface area contributed by atoms with Gasteiger partial charge in [0.2, 0.25) is 5.82 Å². The van der Waals surface area contributed by atoms with Crippen molar-refractivity contribution in [3.05, 3.63) is 29.6 Å². The summed E-state index contributed by atoms with van der Waals surface area (Å²) in [4.78, 5) is 13.7. The summed E-state index contributed by atoms with van der Waals surface area (Å²) in [6, 6.07) is 1.26. The monoisotopic (exact) mass is 322 g/mol. The standard InChI is InChI=1S/C13H11F5N2O2/c14-7-5-9-10(6-8(7)15)20(4-2-1-3-11(21)22)12(19-9)13(16,17)18/h5-6H,1-4H2,(H,21,22). The number of carboxylic acids is 1. The first kappa shape index (κ1) is 16.2. The molecule has 0 saturated carbocycles. The second-order valence-corrected chi connectivity index (χ2v) is 4.69. The number of hydrogen-bond donors (Lipinski definition) is 1. The number of benzene rings is 1. The second kappa shape index (κ2) is 5.90. The lowest BCUT2D eigenvalue weighted by Crippen LogP contribution is -2.15. The zero-order valence-corrected chi connectivity index (χ0v) is 11.1. The van der Waals surface area contributed by atoms with Gasteiger partial charge in [-0.05, 0) is 12.8 Å². The Labute approximate surface area is 121 Å². The van der Waals surface area contributed by atoms with Crippen molar-refractivity contribution in [2.24, 2.45) is 0 Å². The fourth-order valence-corrected chi connectivity index (χ4v) is 2.11. The van der Waals surface area contributed by atoms with Crippen molar-refractivity contribution in [1.82, 2.24) is 9.55 Å². The van der Waals surface area contributed by atoms with Gasteiger partial charge in [-0.1, -0.05) is 0 Å². The van der Waals surface area contributed by atoms with Gasteiger partial charge in [-0.25, -0.2) is 13.8 Å². The minimum atomic E-state index is -4.78. The Morgan fingerprint density at radius 1 is 1.18 bits per heavy atom. The number of aromatic nitrogens is 2. The molecule has 1 aromatic heterocycles. The Morgan fingerprint density at radius 3 is 2.41 bits per heavy atom. The van der Waals surface area contributed by atoms with Gasteiger partial charge in [-0.2, -0.15) is 13.2 Å². The molecule has 1 heterocycles. The molecule has 9 heteroatoms. The van der Waals surface area contributed by atoms with Gasteiger partial charge in [0, 0.05) is 25.1 Å². The summed E-state index contributed by atoms with van der Waals surface area (Å²) in [5.74, 6) is -4.87. The van der Waals surface area contributed by atoms with Crippen molar-refractivity contribution in [2.45, 2.75) is 32.0 Å². The van der Waals surface area contributed by atoms with Crippen LogP contribution >= 0.6 is 0 Å². The van der Waals surface area contributed by atoms with Crippen LogP contribution in [0.5, 0.6) is 0 Å². The number of carbonyl (C=O) groups is 1. The van der Waals surface area contributed by atoms with Crippen LogP contribution in [0, 0.1) is 11.6 Å². The zero-order valence-electron chi connectivity index (χ0n) is 11.1. The molecule has 2 rings (SSSR count). The van der Waals surface area contributed by atoms with Gasteiger partial charge in [0.1, 0.15) is 0 Å². The van der Waals surface area contributed by atoms with E-state index in [0.29, 0.717) is 12.1 Å². The van der Waals surface area contributed by atoms with Crippen molar-refractivity contribution in [2.75, 3.05) is 0 Å². The van der Waals surface area contributed by atoms with Crippen molar-refractivity contribution in [1.29, 1.82) is 0 Å². The lowest BCUT2D eigenvalue weighted by atomic mass is 10.2. The van der Waals surface area contributed by atoms with E-state index in [9.17, 15) is 26.7 Å². The third-order valence-electron chi connectivity index (χ3n) is 3.07. The first-order valence-corrected chi connectivity index (χ1v) is 6.34. The number of halogens is 5. The topological polar surface area (TPSA) is 55.1 Å². The van der Waals surface area contributed by atoms with Crippen LogP contribution in [0.3, 0.4) is 0 Å². The number of unbranched alkanes of at least 4 members (excludes halogenated alkanes) is 1. The van der Waals surface area contributed by atoms with Crippen LogP contribution in [0.15, 0.2) is 12.1 Å². The van der Waals surface area contributed by atoms with E-state index in [1.165, 1.54) is 0 Å². The molecule has 2 aromatic rings. The van der Waals surface area contributed by atoms with Gasteiger partial charge in [0.15, 0.2) is 11.6 Å². The number of fused-ring (bicyclic) bond motifs is 1. The van der Waals surface area contributed by atoms with Crippen LogP contribution in [0.4, 0.5) is 22.0 Å². The molecule has 1 aromatic carbocycles. The largest absolute Gasteiger partial charge is 0.481 e. The van der Waals surface area contributed by atoms with Gasteiger partial charge in [-0.15, -0.1) is 0 Å². The normalized spacial score (nSPS) is 12.0. The van der Waals surface area contributed by atoms with E-state index in [0.717, 1.165) is 4.57 Å². The number of nitrogens with zero attached hydrogens (tertiary/aromatic N) is 2. The highest BCUT2D eigenvalue weighted by molar-refractivity contribution is 5.76. The number of alkyl halides is 3. The van der Waals surface area contributed by atoms with Gasteiger partial charge >= 0.3 is 12.1 Å². The molecule has 0 unspecified atom stereocenters. The van der Waals surface area contributed by atoms with E-state index in [4.69, 9.17) is 5.11 Å². The average molecular weight is 322 g/mol. The molecule has 0 radical (unpaired) electrons. The Balaban J connectivity index is 2.39. The molecule has 0 aliphatic rings. The van der Waals surface area contributed by atoms with Crippen molar-refractivity contribution in [3.8, 4) is 0 Å². The van der Waals surface area contributed by atoms with Gasteiger partial charge in [0.05, 0.1) is 11.0 Å². The number of rotatable bonds is 5. The molecule has 0 aliphatic carbocycles. The molecule has 0 amide bonds. The molecule has 0 spiro atoms. The molecule has 0 saturated heterocycles. The highest BCUT2D eigenvalue weighted by atomic mass is 19.4. The van der Waals surface area contributed by atoms with Crippen molar-refractivity contribution < 1.29 is 31.9 Å². The van der Waals surface area contributed by atoms with E-state index >= 15 is 0 Å². The Kier molecular flexibility index (Phi) is 4.34. The molecular formula is C13H11F5N2O2. The summed E-state index contributed by atoms with van der Waals surface area (Å²) < 4.78 is 66.0. The maximum absolute atomic E-state index is 13.3. The Morgan fingerprint density at radius 2 is 1.82 bits per heavy atom. The smallest absolute Gasteiger partial charge is 0.449 e. The minimum absolute atomic E-state index is 0.139. The summed E-state index contributed by atoms with van der Waals surface area (Å²) in [7, 11) is 0. The molecular weight excluding hydrogens is 311 g/mol. The lowest BCUT2D eigenvalue weighted by Gasteiger charge is -2.11. The van der Waals surface area contributed by atoms with Gasteiger partial charge < -0.3 is 9.67 Å². The summed E-state index contributed by atoms with van der Waals surface area (Å²) in [6.07, 6.45) is -4.66. The quantitative estimate of drug-likeness (QED) is 0.676. The highest BCUT2D eigenvalue weighted by Crippen LogP contribution is 2.32. The number of hydrogen-bond acceptors (Lipinski definition) is 2. The van der Waals surface area contributed by atoms with Gasteiger partial charge in [-0.3, -0.25) is 4.79 Å². The number of aryl methyl sites for hydroxylation is 1. The number of imidazole rings is 1. The third-order valence-corrected chi connectivity index (χ3v) is 3.07. The minimum Gasteiger partial charge on any atom is -0.481 e. The highest BCUT2D eigenvalue weighted by Gasteiger charge is 2.37. The van der Waals surface area contributed by atoms with Crippen molar-refractivity contribution >= 4 is 17.0 Å². The second-order valence-electron chi connectivity index (χ2n) is 4.69. The predicted molar refractivity (Wildman–Crippen MR) is 66.1 cm³/mol. The van der Waals surface area contributed by atoms with Crippen LogP contribution in [0.25, 0.3) is 11.0 Å². The molecule has 1 N–H and O–H groups in total. The van der Waals surface area contributed by atoms with E-state index in [1.807, 2.05) is 0 Å². The van der Waals surface area contributed by atoms with Crippen molar-refractivity contribution in [3.63, 3.8) is 0 Å². The number of carboxylic acid groups (broad SMARTS) is 1. The van der Waals surface area contributed by atoms with Gasteiger partial charge in [0.25, 0.3) is 0 Å². The molecule has 0 atom stereocenters. The maximum atomic E-state index is 13.3. The fraction of sp³-hybridized carbons (Fsp3) is 0.385. The summed E-state index contributed by atoms with van der Waals surface area (Å²) in [6.45, 7) is -0.191. The van der Waals surface area contributed by atoms with E-state index in [2.05, 4.69) is 4.98 Å². The molecule has 120 valence electrons. The van der Waals surface area contributed by atoms with Crippen LogP contribution in [0.1, 0.15) is 25.1 Å². The van der Waals surface area contributed by atoms with E-state index in [1.54, 1.807) is 0 Å². The number of aliphatic carboxylic acids is 1. The average Bonchev–Trinajstić information content (AvgIpc) is 2.73. The maximum Gasteiger partial charge on any atom is 0.449 e. The van der Waals surface area contributed by atoms with Crippen LogP contribution < -0.4 is 0 Å². The summed E-state index contributed by atoms with van der Waals surface area (Å²) in [5, 5.41) is 8.50. The van der Waals surface area contributed by atoms with E-state index < -0.39 is 29.6 Å². The Hall–Kier alpha value is -2.19. The third kappa shape index (κ3) is 3.34. The molecule has 22 heavy (non-hydrogen) atoms. The van der Waals surface area contributed by atoms with Crippen LogP contribution in [-0.2, 0) is 17.5 Å². The van der Waals surface area contributed by atoms with Crippen LogP contribution in [0.2, 0.25) is 0 Å². The zero-order chi connectivity index (χ0) is 16.5. The summed E-state index contributed by atoms with van der Waals surface area (Å²) >= 11 is 0. The predicted octanol–water partition coefficient (Wildman–Crippen LogP) is 3.59. The lowest BCUT2D eigenvalue weighted by molar-refractivity contribution is -0.147. The molecule has 4 nitrogen and oxygen atoms in total. The Bertz CT molecular complexity index is 708. The molecule has 0 aliphatic heterocycles. The molecule has 0 fully saturated rings. The first-order chi connectivity index (χ1) is 10.2. The van der Waals surface area contributed by atoms with Crippen LogP contribution in [-0.4, -0.2) is 20.6 Å². The first-order valence-electron chi connectivity index (χ1n) is 6.34. The fourth-order valence-electron chi connectivity index (χ4n) is 2.11. The SMILES string of the molecule is O=C(O)CCCCn1c(C(F)(F)F)nc2cc(F)c(F)cc21. The summed E-state index contributed by atoms with van der Waals surface area (Å²) in [5.41, 5.74) is -0.481.